The third kappa shape index (κ3) is 5.61. The Hall–Kier alpha value is -1.26. The topological polar surface area (TPSA) is 32.7 Å². The first-order chi connectivity index (χ1) is 12.0. The summed E-state index contributed by atoms with van der Waals surface area (Å²) in [6.45, 7) is 2.94. The molecule has 5 heteroatoms. The minimum atomic E-state index is -0.800. The van der Waals surface area contributed by atoms with Gasteiger partial charge in [0, 0.05) is 23.1 Å². The maximum atomic E-state index is 10.9. The molecule has 1 atom stereocenters. The van der Waals surface area contributed by atoms with Gasteiger partial charge in [-0.2, -0.15) is 0 Å². The molecule has 1 unspecified atom stereocenters. The summed E-state index contributed by atoms with van der Waals surface area (Å²) >= 11 is 12.0. The molecule has 1 fully saturated rings. The monoisotopic (exact) mass is 379 g/mol. The largest absolute Gasteiger partial charge is 0.491 e. The summed E-state index contributed by atoms with van der Waals surface area (Å²) in [7, 11) is 0. The van der Waals surface area contributed by atoms with Crippen LogP contribution >= 0.6 is 23.2 Å². The smallest absolute Gasteiger partial charge is 0.120 e. The minimum Gasteiger partial charge on any atom is -0.491 e. The van der Waals surface area contributed by atoms with E-state index in [1.54, 1.807) is 6.07 Å². The van der Waals surface area contributed by atoms with Crippen molar-refractivity contribution in [1.29, 1.82) is 0 Å². The van der Waals surface area contributed by atoms with Gasteiger partial charge in [-0.25, -0.2) is 0 Å². The lowest BCUT2D eigenvalue weighted by molar-refractivity contribution is -0.0168. The van der Waals surface area contributed by atoms with E-state index < -0.39 is 5.60 Å². The van der Waals surface area contributed by atoms with Gasteiger partial charge in [0.25, 0.3) is 0 Å². The number of ether oxygens (including phenoxy) is 1. The van der Waals surface area contributed by atoms with Crippen LogP contribution in [0.5, 0.6) is 5.75 Å². The van der Waals surface area contributed by atoms with E-state index in [1.807, 2.05) is 36.4 Å². The third-order valence-electron chi connectivity index (χ3n) is 4.61. The highest BCUT2D eigenvalue weighted by molar-refractivity contribution is 6.30. The van der Waals surface area contributed by atoms with Gasteiger partial charge in [0.15, 0.2) is 0 Å². The Bertz CT molecular complexity index is 710. The van der Waals surface area contributed by atoms with Gasteiger partial charge < -0.3 is 9.84 Å². The molecule has 2 aromatic rings. The zero-order chi connectivity index (χ0) is 17.7. The van der Waals surface area contributed by atoms with E-state index in [4.69, 9.17) is 27.9 Å². The second kappa shape index (κ2) is 8.41. The normalized spacial score (nSPS) is 21.7. The third-order valence-corrected chi connectivity index (χ3v) is 5.08. The van der Waals surface area contributed by atoms with Crippen LogP contribution in [0, 0.1) is 0 Å². The van der Waals surface area contributed by atoms with Crippen LogP contribution in [0.25, 0.3) is 0 Å². The fourth-order valence-electron chi connectivity index (χ4n) is 3.21. The van der Waals surface area contributed by atoms with Crippen LogP contribution in [-0.2, 0) is 6.54 Å². The molecule has 25 heavy (non-hydrogen) atoms. The van der Waals surface area contributed by atoms with Crippen LogP contribution in [0.4, 0.5) is 0 Å². The molecule has 0 amide bonds. The fourth-order valence-corrected chi connectivity index (χ4v) is 3.60. The van der Waals surface area contributed by atoms with E-state index in [-0.39, 0.29) is 0 Å². The van der Waals surface area contributed by atoms with Crippen molar-refractivity contribution >= 4 is 23.2 Å². The molecule has 1 N–H and O–H groups in total. The Labute approximate surface area is 159 Å². The van der Waals surface area contributed by atoms with Crippen LogP contribution in [0.15, 0.2) is 48.5 Å². The van der Waals surface area contributed by atoms with Crippen LogP contribution in [0.3, 0.4) is 0 Å². The predicted octanol–water partition coefficient (Wildman–Crippen LogP) is 4.79. The highest BCUT2D eigenvalue weighted by Crippen LogP contribution is 2.26. The molecule has 1 aliphatic rings. The van der Waals surface area contributed by atoms with Crippen molar-refractivity contribution < 1.29 is 9.84 Å². The number of nitrogens with zero attached hydrogens (tertiary/aromatic N) is 1. The summed E-state index contributed by atoms with van der Waals surface area (Å²) in [5.74, 6) is 0.695. The van der Waals surface area contributed by atoms with Gasteiger partial charge in [-0.05, 0) is 61.7 Å². The lowest BCUT2D eigenvalue weighted by atomic mass is 9.96. The molecule has 0 aromatic heterocycles. The van der Waals surface area contributed by atoms with Gasteiger partial charge in [-0.1, -0.05) is 41.4 Å². The van der Waals surface area contributed by atoms with Gasteiger partial charge in [0.2, 0.25) is 0 Å². The molecule has 1 aliphatic heterocycles. The number of hydrogen-bond acceptors (Lipinski definition) is 3. The van der Waals surface area contributed by atoms with Crippen molar-refractivity contribution in [3.05, 3.63) is 64.1 Å². The van der Waals surface area contributed by atoms with Crippen LogP contribution in [-0.4, -0.2) is 35.3 Å². The molecule has 134 valence electrons. The van der Waals surface area contributed by atoms with Gasteiger partial charge in [0.05, 0.1) is 5.60 Å². The van der Waals surface area contributed by atoms with Gasteiger partial charge >= 0.3 is 0 Å². The first kappa shape index (κ1) is 18.5. The zero-order valence-electron chi connectivity index (χ0n) is 14.1. The highest BCUT2D eigenvalue weighted by Gasteiger charge is 2.31. The van der Waals surface area contributed by atoms with Gasteiger partial charge in [-0.3, -0.25) is 4.90 Å². The molecule has 3 nitrogen and oxygen atoms in total. The molecule has 0 spiro atoms. The number of likely N-dealkylation sites (tertiary alicyclic amines) is 1. The summed E-state index contributed by atoms with van der Waals surface area (Å²) in [4.78, 5) is 2.36. The van der Waals surface area contributed by atoms with E-state index in [0.29, 0.717) is 23.8 Å². The van der Waals surface area contributed by atoms with E-state index in [0.717, 1.165) is 37.5 Å². The number of benzene rings is 2. The molecular weight excluding hydrogens is 357 g/mol. The van der Waals surface area contributed by atoms with Crippen molar-refractivity contribution in [2.45, 2.75) is 31.4 Å². The molecule has 1 heterocycles. The van der Waals surface area contributed by atoms with Crippen LogP contribution < -0.4 is 4.74 Å². The Morgan fingerprint density at radius 2 is 1.76 bits per heavy atom. The lowest BCUT2D eigenvalue weighted by Crippen LogP contribution is -2.37. The fraction of sp³-hybridized carbons (Fsp3) is 0.400. The Morgan fingerprint density at radius 3 is 2.52 bits per heavy atom. The van der Waals surface area contributed by atoms with Crippen LogP contribution in [0.1, 0.15) is 24.8 Å². The average molecular weight is 380 g/mol. The van der Waals surface area contributed by atoms with Crippen molar-refractivity contribution in [2.24, 2.45) is 0 Å². The van der Waals surface area contributed by atoms with Crippen molar-refractivity contribution in [3.8, 4) is 5.75 Å². The van der Waals surface area contributed by atoms with Crippen molar-refractivity contribution in [1.82, 2.24) is 4.90 Å². The lowest BCUT2D eigenvalue weighted by Gasteiger charge is -2.27. The second-order valence-corrected chi connectivity index (χ2v) is 7.60. The summed E-state index contributed by atoms with van der Waals surface area (Å²) in [6.07, 6.45) is 2.36. The minimum absolute atomic E-state index is 0.290. The summed E-state index contributed by atoms with van der Waals surface area (Å²) in [5.41, 5.74) is 0.402. The van der Waals surface area contributed by atoms with E-state index >= 15 is 0 Å². The zero-order valence-corrected chi connectivity index (χ0v) is 15.6. The first-order valence-electron chi connectivity index (χ1n) is 8.60. The highest BCUT2D eigenvalue weighted by atomic mass is 35.5. The summed E-state index contributed by atoms with van der Waals surface area (Å²) in [5, 5.41) is 12.3. The standard InChI is InChI=1S/C20H23Cl2NO2/c21-17-5-1-4-16(12-17)14-23-10-3-8-20(24,9-11-23)15-25-19-7-2-6-18(22)13-19/h1-2,4-7,12-13,24H,3,8-11,14-15H2. The molecule has 1 saturated heterocycles. The van der Waals surface area contributed by atoms with Gasteiger partial charge in [-0.15, -0.1) is 0 Å². The molecule has 0 saturated carbocycles. The summed E-state index contributed by atoms with van der Waals surface area (Å²) < 4.78 is 5.78. The molecule has 0 bridgehead atoms. The molecule has 3 rings (SSSR count). The number of rotatable bonds is 5. The molecule has 2 aromatic carbocycles. The number of hydrogen-bond donors (Lipinski definition) is 1. The molecule has 0 aliphatic carbocycles. The maximum absolute atomic E-state index is 10.9. The van der Waals surface area contributed by atoms with Crippen molar-refractivity contribution in [2.75, 3.05) is 19.7 Å². The van der Waals surface area contributed by atoms with Gasteiger partial charge in [0.1, 0.15) is 12.4 Å². The SMILES string of the molecule is OC1(COc2cccc(Cl)c2)CCCN(Cc2cccc(Cl)c2)CC1. The van der Waals surface area contributed by atoms with Crippen molar-refractivity contribution in [3.63, 3.8) is 0 Å². The van der Waals surface area contributed by atoms with Crippen LogP contribution in [0.2, 0.25) is 10.0 Å². The second-order valence-electron chi connectivity index (χ2n) is 6.73. The van der Waals surface area contributed by atoms with E-state index in [9.17, 15) is 5.11 Å². The maximum Gasteiger partial charge on any atom is 0.120 e. The first-order valence-corrected chi connectivity index (χ1v) is 9.36. The Balaban J connectivity index is 1.54. The number of halogens is 2. The quantitative estimate of drug-likeness (QED) is 0.810. The average Bonchev–Trinajstić information content (AvgIpc) is 2.76. The Kier molecular flexibility index (Phi) is 6.24. The molecular formula is C20H23Cl2NO2. The van der Waals surface area contributed by atoms with E-state index in [1.165, 1.54) is 5.56 Å². The molecule has 0 radical (unpaired) electrons. The van der Waals surface area contributed by atoms with E-state index in [2.05, 4.69) is 11.0 Å². The Morgan fingerprint density at radius 1 is 1.00 bits per heavy atom. The number of aliphatic hydroxyl groups is 1. The predicted molar refractivity (Wildman–Crippen MR) is 102 cm³/mol. The summed E-state index contributed by atoms with van der Waals surface area (Å²) in [6, 6.07) is 15.2.